The fourth-order valence-corrected chi connectivity index (χ4v) is 9.13. The normalized spacial score (nSPS) is 19.9. The lowest BCUT2D eigenvalue weighted by Crippen LogP contribution is -2.38. The molecular weight excluding hydrogens is 679 g/mol. The number of nitro groups is 1. The number of carbonyl (C=O) groups is 2. The van der Waals surface area contributed by atoms with Crippen LogP contribution in [0.25, 0.3) is 0 Å². The highest BCUT2D eigenvalue weighted by atomic mass is 32.2. The third kappa shape index (κ3) is 8.41. The van der Waals surface area contributed by atoms with E-state index < -0.39 is 37.4 Å². The second kappa shape index (κ2) is 15.4. The first-order valence-electron chi connectivity index (χ1n) is 17.1. The molecule has 1 aliphatic carbocycles. The van der Waals surface area contributed by atoms with Gasteiger partial charge >= 0.3 is 5.97 Å². The summed E-state index contributed by atoms with van der Waals surface area (Å²) >= 11 is 1.56. The van der Waals surface area contributed by atoms with Gasteiger partial charge in [-0.05, 0) is 93.6 Å². The summed E-state index contributed by atoms with van der Waals surface area (Å²) in [6.07, 6.45) is 8.09. The lowest BCUT2D eigenvalue weighted by molar-refractivity contribution is -0.384. The molecule has 0 radical (unpaired) electrons. The number of hydrogen-bond acceptors (Lipinski definition) is 11. The molecule has 1 saturated carbocycles. The molecule has 0 aromatic heterocycles. The van der Waals surface area contributed by atoms with Crippen molar-refractivity contribution in [3.05, 3.63) is 88.0 Å². The number of likely N-dealkylation sites (N-methyl/N-ethyl adjacent to an activating group) is 1. The van der Waals surface area contributed by atoms with Gasteiger partial charge in [0.15, 0.2) is 0 Å². The van der Waals surface area contributed by atoms with Crippen molar-refractivity contribution >= 4 is 50.7 Å². The van der Waals surface area contributed by atoms with Crippen molar-refractivity contribution in [3.63, 3.8) is 0 Å². The highest BCUT2D eigenvalue weighted by Crippen LogP contribution is 2.46. The molecule has 6 rings (SSSR count). The fraction of sp³-hybridized carbons (Fsp3) is 0.444. The van der Waals surface area contributed by atoms with Gasteiger partial charge in [0.25, 0.3) is 21.6 Å². The van der Waals surface area contributed by atoms with Crippen molar-refractivity contribution in [2.45, 2.75) is 60.8 Å². The smallest absolute Gasteiger partial charge is 0.340 e. The van der Waals surface area contributed by atoms with Crippen LogP contribution in [0.15, 0.2) is 76.5 Å². The number of fused-ring (bicyclic) bond motifs is 1. The molecule has 2 aliphatic heterocycles. The minimum Gasteiger partial charge on any atom is -0.461 e. The summed E-state index contributed by atoms with van der Waals surface area (Å²) in [7, 11) is -2.75. The summed E-state index contributed by atoms with van der Waals surface area (Å²) in [5, 5.41) is 15.6. The number of cyclic esters (lactones) is 1. The maximum absolute atomic E-state index is 13.6. The Labute approximate surface area is 297 Å². The topological polar surface area (TPSA) is 151 Å². The number of anilines is 2. The first-order chi connectivity index (χ1) is 24.0. The Morgan fingerprint density at radius 2 is 1.72 bits per heavy atom. The number of thioether (sulfide) groups is 1. The number of nitrogens with one attached hydrogen (secondary N) is 2. The van der Waals surface area contributed by atoms with Crippen LogP contribution in [-0.2, 0) is 14.8 Å². The Morgan fingerprint density at radius 3 is 2.40 bits per heavy atom. The number of nitro benzene ring substituents is 1. The van der Waals surface area contributed by atoms with Crippen molar-refractivity contribution in [3.8, 4) is 0 Å². The fourth-order valence-electron chi connectivity index (χ4n) is 7.12. The Morgan fingerprint density at radius 1 is 1.02 bits per heavy atom. The summed E-state index contributed by atoms with van der Waals surface area (Å²) in [5.41, 5.74) is 0.529. The molecule has 3 aromatic carbocycles. The molecule has 1 amide bonds. The first-order valence-corrected chi connectivity index (χ1v) is 19.5. The Kier molecular flexibility index (Phi) is 11.0. The van der Waals surface area contributed by atoms with Crippen LogP contribution in [0.4, 0.5) is 17.1 Å². The van der Waals surface area contributed by atoms with Crippen LogP contribution in [0.1, 0.15) is 65.7 Å². The molecule has 1 atom stereocenters. The van der Waals surface area contributed by atoms with Gasteiger partial charge in [0.2, 0.25) is 0 Å². The predicted molar refractivity (Wildman–Crippen MR) is 194 cm³/mol. The number of piperidine rings is 1. The second-order valence-corrected chi connectivity index (χ2v) is 16.3. The predicted octanol–water partition coefficient (Wildman–Crippen LogP) is 5.94. The summed E-state index contributed by atoms with van der Waals surface area (Å²) in [4.78, 5) is 42.9. The van der Waals surface area contributed by atoms with Crippen molar-refractivity contribution < 1.29 is 27.7 Å². The zero-order valence-corrected chi connectivity index (χ0v) is 29.8. The molecule has 0 bridgehead atoms. The zero-order chi connectivity index (χ0) is 35.3. The minimum absolute atomic E-state index is 0.00795. The number of esters is 1. The maximum Gasteiger partial charge on any atom is 0.340 e. The van der Waals surface area contributed by atoms with E-state index in [1.165, 1.54) is 25.7 Å². The number of amides is 1. The molecule has 1 saturated heterocycles. The van der Waals surface area contributed by atoms with E-state index in [1.807, 2.05) is 59.1 Å². The average molecular weight is 722 g/mol. The second-order valence-electron chi connectivity index (χ2n) is 13.5. The Balaban J connectivity index is 1.22. The van der Waals surface area contributed by atoms with Crippen molar-refractivity contribution in [1.29, 1.82) is 0 Å². The average Bonchev–Trinajstić information content (AvgIpc) is 3.56. The number of carbonyl (C=O) groups excluding carboxylic acids is 2. The van der Waals surface area contributed by atoms with Gasteiger partial charge in [0, 0.05) is 53.6 Å². The third-order valence-electron chi connectivity index (χ3n) is 10.1. The molecule has 2 heterocycles. The number of nitrogens with zero attached hydrogens (tertiary/aromatic N) is 3. The van der Waals surface area contributed by atoms with Crippen LogP contribution in [0.5, 0.6) is 0 Å². The molecule has 266 valence electrons. The maximum atomic E-state index is 13.6. The number of sulfonamides is 1. The number of rotatable bonds is 8. The number of benzene rings is 3. The molecule has 3 aliphatic rings. The quantitative estimate of drug-likeness (QED) is 0.123. The van der Waals surface area contributed by atoms with Crippen LogP contribution in [0.2, 0.25) is 0 Å². The SMILES string of the molecule is CN1CCOC(=O)c2cc(S(=O)(=O)NC(=O)c3ccc(N4CCC5(CCCC5)CC4)cc3)cc([N+](=O)[O-])c2NC(CSc2ccccc2)CC1. The molecule has 1 unspecified atom stereocenters. The van der Waals surface area contributed by atoms with Crippen molar-refractivity contribution in [2.75, 3.05) is 55.8 Å². The molecule has 14 heteroatoms. The van der Waals surface area contributed by atoms with Crippen LogP contribution < -0.4 is 14.9 Å². The number of ether oxygens (including phenoxy) is 1. The van der Waals surface area contributed by atoms with Gasteiger partial charge in [-0.1, -0.05) is 31.0 Å². The van der Waals surface area contributed by atoms with Gasteiger partial charge < -0.3 is 19.9 Å². The minimum atomic E-state index is -4.64. The summed E-state index contributed by atoms with van der Waals surface area (Å²) in [5.74, 6) is -1.27. The van der Waals surface area contributed by atoms with Crippen molar-refractivity contribution in [2.24, 2.45) is 5.41 Å². The van der Waals surface area contributed by atoms with E-state index in [2.05, 4.69) is 10.2 Å². The van der Waals surface area contributed by atoms with Crippen LogP contribution in [-0.4, -0.2) is 81.7 Å². The molecule has 12 nitrogen and oxygen atoms in total. The first kappa shape index (κ1) is 35.7. The highest BCUT2D eigenvalue weighted by molar-refractivity contribution is 7.99. The van der Waals surface area contributed by atoms with E-state index >= 15 is 0 Å². The van der Waals surface area contributed by atoms with Crippen LogP contribution >= 0.6 is 11.8 Å². The van der Waals surface area contributed by atoms with Crippen LogP contribution in [0, 0.1) is 15.5 Å². The third-order valence-corrected chi connectivity index (χ3v) is 12.6. The highest BCUT2D eigenvalue weighted by Gasteiger charge is 2.37. The van der Waals surface area contributed by atoms with Gasteiger partial charge in [-0.15, -0.1) is 11.8 Å². The van der Waals surface area contributed by atoms with Gasteiger partial charge in [0.1, 0.15) is 12.3 Å². The van der Waals surface area contributed by atoms with Crippen LogP contribution in [0.3, 0.4) is 0 Å². The van der Waals surface area contributed by atoms with E-state index in [0.29, 0.717) is 30.7 Å². The molecule has 50 heavy (non-hydrogen) atoms. The van der Waals surface area contributed by atoms with Gasteiger partial charge in [-0.2, -0.15) is 0 Å². The zero-order valence-electron chi connectivity index (χ0n) is 28.1. The van der Waals surface area contributed by atoms with E-state index in [4.69, 9.17) is 4.74 Å². The lowest BCUT2D eigenvalue weighted by Gasteiger charge is -2.40. The largest absolute Gasteiger partial charge is 0.461 e. The monoisotopic (exact) mass is 721 g/mol. The molecule has 1 spiro atoms. The standard InChI is InChI=1S/C36H43N5O7S2/c1-39-18-13-27(25-49-29-7-3-2-4-8-29)37-33-31(35(43)48-22-21-39)23-30(24-32(33)41(44)45)50(46,47)38-34(42)26-9-11-28(12-10-26)40-19-16-36(17-20-40)14-5-6-15-36/h2-4,7-12,23-24,27,37H,5-6,13-22,25H2,1H3,(H,38,42). The number of hydrogen-bond donors (Lipinski definition) is 2. The Bertz CT molecular complexity index is 1810. The summed E-state index contributed by atoms with van der Waals surface area (Å²) < 4.78 is 34.6. The van der Waals surface area contributed by atoms with E-state index in [-0.39, 0.29) is 29.5 Å². The van der Waals surface area contributed by atoms with Gasteiger partial charge in [0.05, 0.1) is 15.4 Å². The summed E-state index contributed by atoms with van der Waals surface area (Å²) in [6.45, 7) is 2.95. The molecule has 3 aromatic rings. The molecule has 2 N–H and O–H groups in total. The molecule has 2 fully saturated rings. The van der Waals surface area contributed by atoms with Gasteiger partial charge in [-0.3, -0.25) is 14.9 Å². The summed E-state index contributed by atoms with van der Waals surface area (Å²) in [6, 6.07) is 18.1. The molecular formula is C36H43N5O7S2. The van der Waals surface area contributed by atoms with E-state index in [1.54, 1.807) is 23.9 Å². The van der Waals surface area contributed by atoms with E-state index in [9.17, 15) is 28.1 Å². The van der Waals surface area contributed by atoms with Gasteiger partial charge in [-0.25, -0.2) is 17.9 Å². The Hall–Kier alpha value is -4.14. The van der Waals surface area contributed by atoms with E-state index in [0.717, 1.165) is 48.6 Å². The van der Waals surface area contributed by atoms with Crippen molar-refractivity contribution in [1.82, 2.24) is 9.62 Å². The lowest BCUT2D eigenvalue weighted by atomic mass is 9.77.